The average Bonchev–Trinajstić information content (AvgIpc) is 3.00. The molecule has 0 aliphatic carbocycles. The molecule has 6 nitrogen and oxygen atoms in total. The van der Waals surface area contributed by atoms with Crippen molar-refractivity contribution < 1.29 is 13.2 Å². The lowest BCUT2D eigenvalue weighted by atomic mass is 10.2. The van der Waals surface area contributed by atoms with E-state index in [9.17, 15) is 13.2 Å². The maximum Gasteiger partial charge on any atom is 0.261 e. The van der Waals surface area contributed by atoms with Gasteiger partial charge in [-0.1, -0.05) is 31.0 Å². The summed E-state index contributed by atoms with van der Waals surface area (Å²) in [5.41, 5.74) is 0.956. The minimum atomic E-state index is -3.68. The maximum atomic E-state index is 12.5. The molecular weight excluding hydrogens is 386 g/mol. The fourth-order valence-electron chi connectivity index (χ4n) is 3.47. The summed E-state index contributed by atoms with van der Waals surface area (Å²) < 4.78 is 27.4. The molecule has 1 fully saturated rings. The third-order valence-electron chi connectivity index (χ3n) is 5.09. The Morgan fingerprint density at radius 3 is 2.21 bits per heavy atom. The van der Waals surface area contributed by atoms with E-state index in [2.05, 4.69) is 14.9 Å². The lowest BCUT2D eigenvalue weighted by Crippen LogP contribution is -2.30. The summed E-state index contributed by atoms with van der Waals surface area (Å²) in [6.07, 6.45) is 6.08. The standard InChI is InChI=1S/C22H29N3O3S/c26-22(23-15-8-18-25-16-6-1-2-7-17-25)19-11-13-21(14-12-19)29(27,28)24-20-9-4-3-5-10-20/h3-5,9-14,24H,1-2,6-8,15-18H2,(H,23,26). The summed E-state index contributed by atoms with van der Waals surface area (Å²) >= 11 is 0. The van der Waals surface area contributed by atoms with Gasteiger partial charge in [-0.25, -0.2) is 8.42 Å². The van der Waals surface area contributed by atoms with Gasteiger partial charge in [0.1, 0.15) is 0 Å². The van der Waals surface area contributed by atoms with E-state index in [1.165, 1.54) is 37.8 Å². The van der Waals surface area contributed by atoms with Gasteiger partial charge in [-0.15, -0.1) is 0 Å². The van der Waals surface area contributed by atoms with Crippen LogP contribution in [0, 0.1) is 0 Å². The molecule has 0 spiro atoms. The molecule has 0 saturated carbocycles. The van der Waals surface area contributed by atoms with Gasteiger partial charge in [-0.3, -0.25) is 9.52 Å². The fraction of sp³-hybridized carbons (Fsp3) is 0.409. The molecule has 0 unspecified atom stereocenters. The van der Waals surface area contributed by atoms with E-state index in [0.29, 0.717) is 17.8 Å². The van der Waals surface area contributed by atoms with Crippen LogP contribution in [0.25, 0.3) is 0 Å². The molecule has 1 aliphatic heterocycles. The van der Waals surface area contributed by atoms with Crippen molar-refractivity contribution in [3.63, 3.8) is 0 Å². The van der Waals surface area contributed by atoms with E-state index < -0.39 is 10.0 Å². The Morgan fingerprint density at radius 1 is 0.897 bits per heavy atom. The highest BCUT2D eigenvalue weighted by Gasteiger charge is 2.15. The van der Waals surface area contributed by atoms with Crippen molar-refractivity contribution in [2.45, 2.75) is 37.0 Å². The van der Waals surface area contributed by atoms with E-state index in [1.54, 1.807) is 36.4 Å². The highest BCUT2D eigenvalue weighted by molar-refractivity contribution is 7.92. The van der Waals surface area contributed by atoms with Crippen molar-refractivity contribution in [1.82, 2.24) is 10.2 Å². The Bertz CT molecular complexity index is 875. The second-order valence-electron chi connectivity index (χ2n) is 7.36. The Kier molecular flexibility index (Phi) is 7.66. The zero-order chi connectivity index (χ0) is 20.5. The van der Waals surface area contributed by atoms with E-state index in [1.807, 2.05) is 6.07 Å². The smallest absolute Gasteiger partial charge is 0.261 e. The Morgan fingerprint density at radius 2 is 1.55 bits per heavy atom. The highest BCUT2D eigenvalue weighted by atomic mass is 32.2. The summed E-state index contributed by atoms with van der Waals surface area (Å²) in [5.74, 6) is -0.180. The quantitative estimate of drug-likeness (QED) is 0.647. The van der Waals surface area contributed by atoms with Gasteiger partial charge in [0.2, 0.25) is 0 Å². The molecule has 1 heterocycles. The number of hydrogen-bond acceptors (Lipinski definition) is 4. The summed E-state index contributed by atoms with van der Waals surface area (Å²) in [7, 11) is -3.68. The predicted molar refractivity (Wildman–Crippen MR) is 116 cm³/mol. The maximum absolute atomic E-state index is 12.5. The summed E-state index contributed by atoms with van der Waals surface area (Å²) in [4.78, 5) is 14.9. The number of anilines is 1. The van der Waals surface area contributed by atoms with Crippen molar-refractivity contribution in [3.05, 3.63) is 60.2 Å². The molecular formula is C22H29N3O3S. The lowest BCUT2D eigenvalue weighted by Gasteiger charge is -2.19. The number of hydrogen-bond donors (Lipinski definition) is 2. The molecule has 2 N–H and O–H groups in total. The van der Waals surface area contributed by atoms with Gasteiger partial charge in [-0.05, 0) is 75.3 Å². The highest BCUT2D eigenvalue weighted by Crippen LogP contribution is 2.16. The first-order valence-electron chi connectivity index (χ1n) is 10.2. The van der Waals surface area contributed by atoms with E-state index >= 15 is 0 Å². The van der Waals surface area contributed by atoms with Crippen LogP contribution >= 0.6 is 0 Å². The minimum absolute atomic E-state index is 0.124. The van der Waals surface area contributed by atoms with Crippen LogP contribution in [-0.2, 0) is 10.0 Å². The number of likely N-dealkylation sites (tertiary alicyclic amines) is 1. The van der Waals surface area contributed by atoms with Gasteiger partial charge < -0.3 is 10.2 Å². The molecule has 3 rings (SSSR count). The molecule has 0 bridgehead atoms. The van der Waals surface area contributed by atoms with Gasteiger partial charge in [0.15, 0.2) is 0 Å². The second kappa shape index (κ2) is 10.4. The first-order chi connectivity index (χ1) is 14.0. The van der Waals surface area contributed by atoms with Crippen molar-refractivity contribution in [2.24, 2.45) is 0 Å². The number of nitrogens with zero attached hydrogens (tertiary/aromatic N) is 1. The number of rotatable bonds is 8. The molecule has 29 heavy (non-hydrogen) atoms. The van der Waals surface area contributed by atoms with Crippen LogP contribution in [0.4, 0.5) is 5.69 Å². The van der Waals surface area contributed by atoms with Crippen LogP contribution in [0.5, 0.6) is 0 Å². The fourth-order valence-corrected chi connectivity index (χ4v) is 4.53. The van der Waals surface area contributed by atoms with Crippen LogP contribution in [0.3, 0.4) is 0 Å². The Hall–Kier alpha value is -2.38. The number of carbonyl (C=O) groups is 1. The SMILES string of the molecule is O=C(NCCCN1CCCCCC1)c1ccc(S(=O)(=O)Nc2ccccc2)cc1. The Labute approximate surface area is 173 Å². The van der Waals surface area contributed by atoms with Crippen molar-refractivity contribution in [2.75, 3.05) is 30.9 Å². The van der Waals surface area contributed by atoms with Crippen LogP contribution < -0.4 is 10.0 Å². The van der Waals surface area contributed by atoms with Crippen molar-refractivity contribution in [1.29, 1.82) is 0 Å². The second-order valence-corrected chi connectivity index (χ2v) is 9.04. The molecule has 0 atom stereocenters. The molecule has 2 aromatic rings. The minimum Gasteiger partial charge on any atom is -0.352 e. The zero-order valence-electron chi connectivity index (χ0n) is 16.6. The third kappa shape index (κ3) is 6.58. The van der Waals surface area contributed by atoms with Gasteiger partial charge in [0.25, 0.3) is 15.9 Å². The van der Waals surface area contributed by atoms with E-state index in [-0.39, 0.29) is 10.8 Å². The molecule has 7 heteroatoms. The van der Waals surface area contributed by atoms with Crippen LogP contribution in [0.1, 0.15) is 42.5 Å². The number of sulfonamides is 1. The number of para-hydroxylation sites is 1. The number of benzene rings is 2. The molecule has 2 aromatic carbocycles. The van der Waals surface area contributed by atoms with Gasteiger partial charge in [0, 0.05) is 17.8 Å². The summed E-state index contributed by atoms with van der Waals surface area (Å²) in [6, 6.07) is 14.7. The largest absolute Gasteiger partial charge is 0.352 e. The monoisotopic (exact) mass is 415 g/mol. The molecule has 156 valence electrons. The average molecular weight is 416 g/mol. The first kappa shape index (κ1) is 21.3. The normalized spacial score (nSPS) is 15.4. The van der Waals surface area contributed by atoms with Crippen LogP contribution in [0.2, 0.25) is 0 Å². The van der Waals surface area contributed by atoms with Crippen molar-refractivity contribution >= 4 is 21.6 Å². The molecule has 1 amide bonds. The van der Waals surface area contributed by atoms with Crippen LogP contribution in [0.15, 0.2) is 59.5 Å². The van der Waals surface area contributed by atoms with E-state index in [4.69, 9.17) is 0 Å². The van der Waals surface area contributed by atoms with Crippen molar-refractivity contribution in [3.8, 4) is 0 Å². The number of amides is 1. The lowest BCUT2D eigenvalue weighted by molar-refractivity contribution is 0.0951. The van der Waals surface area contributed by atoms with Gasteiger partial charge in [-0.2, -0.15) is 0 Å². The topological polar surface area (TPSA) is 78.5 Å². The summed E-state index contributed by atoms with van der Waals surface area (Å²) in [6.45, 7) is 3.93. The van der Waals surface area contributed by atoms with Gasteiger partial charge in [0.05, 0.1) is 4.90 Å². The van der Waals surface area contributed by atoms with E-state index in [0.717, 1.165) is 26.1 Å². The Balaban J connectivity index is 1.48. The molecule has 1 aliphatic rings. The summed E-state index contributed by atoms with van der Waals surface area (Å²) in [5, 5.41) is 2.92. The molecule has 0 radical (unpaired) electrons. The molecule has 0 aromatic heterocycles. The molecule has 1 saturated heterocycles. The first-order valence-corrected chi connectivity index (χ1v) is 11.7. The predicted octanol–water partition coefficient (Wildman–Crippen LogP) is 3.48. The number of nitrogens with one attached hydrogen (secondary N) is 2. The number of carbonyl (C=O) groups excluding carboxylic acids is 1. The third-order valence-corrected chi connectivity index (χ3v) is 6.49. The van der Waals surface area contributed by atoms with Gasteiger partial charge >= 0.3 is 0 Å². The van der Waals surface area contributed by atoms with Crippen LogP contribution in [-0.4, -0.2) is 45.4 Å². The zero-order valence-corrected chi connectivity index (χ0v) is 17.5.